The Labute approximate surface area is 139 Å². The molecule has 0 radical (unpaired) electrons. The summed E-state index contributed by atoms with van der Waals surface area (Å²) in [4.78, 5) is 26.4. The van der Waals surface area contributed by atoms with E-state index in [0.29, 0.717) is 6.61 Å². The molecule has 1 rings (SSSR count). The van der Waals surface area contributed by atoms with Gasteiger partial charge in [0.1, 0.15) is 5.72 Å². The van der Waals surface area contributed by atoms with Crippen LogP contribution in [0.4, 0.5) is 4.79 Å². The summed E-state index contributed by atoms with van der Waals surface area (Å²) in [6.45, 7) is 15.7. The molecule has 0 unspecified atom stereocenters. The van der Waals surface area contributed by atoms with Gasteiger partial charge in [-0.3, -0.25) is 4.90 Å². The number of ether oxygens (including phenoxy) is 3. The van der Waals surface area contributed by atoms with Gasteiger partial charge in [0, 0.05) is 5.92 Å². The predicted octanol–water partition coefficient (Wildman–Crippen LogP) is 3.19. The zero-order chi connectivity index (χ0) is 18.2. The molecule has 0 N–H and O–H groups in total. The minimum Gasteiger partial charge on any atom is -0.466 e. The molecule has 0 bridgehead atoms. The highest BCUT2D eigenvalue weighted by Crippen LogP contribution is 2.36. The number of rotatable bonds is 3. The first-order chi connectivity index (χ1) is 10.2. The van der Waals surface area contributed by atoms with E-state index >= 15 is 0 Å². The van der Waals surface area contributed by atoms with Crippen molar-refractivity contribution < 1.29 is 23.8 Å². The highest BCUT2D eigenvalue weighted by molar-refractivity contribution is 5.79. The zero-order valence-corrected chi connectivity index (χ0v) is 15.9. The Balaban J connectivity index is 3.04. The topological polar surface area (TPSA) is 65.1 Å². The lowest BCUT2D eigenvalue weighted by Crippen LogP contribution is -2.55. The highest BCUT2D eigenvalue weighted by Gasteiger charge is 2.51. The van der Waals surface area contributed by atoms with Crippen LogP contribution in [0.5, 0.6) is 0 Å². The van der Waals surface area contributed by atoms with Crippen molar-refractivity contribution in [3.63, 3.8) is 0 Å². The van der Waals surface area contributed by atoms with Gasteiger partial charge in [-0.25, -0.2) is 9.59 Å². The monoisotopic (exact) mass is 329 g/mol. The molecule has 0 aromatic rings. The van der Waals surface area contributed by atoms with E-state index in [-0.39, 0.29) is 11.3 Å². The molecular weight excluding hydrogens is 298 g/mol. The van der Waals surface area contributed by atoms with E-state index in [0.717, 1.165) is 0 Å². The Bertz CT molecular complexity index is 448. The molecule has 0 saturated carbocycles. The van der Waals surface area contributed by atoms with E-state index in [4.69, 9.17) is 14.2 Å². The highest BCUT2D eigenvalue weighted by atomic mass is 16.6. The quantitative estimate of drug-likeness (QED) is 0.744. The van der Waals surface area contributed by atoms with Gasteiger partial charge < -0.3 is 14.2 Å². The third-order valence-corrected chi connectivity index (χ3v) is 4.59. The van der Waals surface area contributed by atoms with Crippen LogP contribution in [0, 0.1) is 11.3 Å². The average Bonchev–Trinajstić information content (AvgIpc) is 2.62. The van der Waals surface area contributed by atoms with Crippen LogP contribution in [0.2, 0.25) is 0 Å². The van der Waals surface area contributed by atoms with Gasteiger partial charge in [0.05, 0.1) is 19.3 Å². The molecule has 0 spiro atoms. The molecule has 23 heavy (non-hydrogen) atoms. The Morgan fingerprint density at radius 3 is 2.04 bits per heavy atom. The summed E-state index contributed by atoms with van der Waals surface area (Å²) in [5, 5.41) is 0. The molecular formula is C17H31NO5. The summed E-state index contributed by atoms with van der Waals surface area (Å²) in [7, 11) is 1.30. The van der Waals surface area contributed by atoms with E-state index in [1.165, 1.54) is 7.11 Å². The van der Waals surface area contributed by atoms with Gasteiger partial charge in [0.15, 0.2) is 0 Å². The van der Waals surface area contributed by atoms with Crippen molar-refractivity contribution in [1.29, 1.82) is 0 Å². The van der Waals surface area contributed by atoms with Crippen LogP contribution < -0.4 is 0 Å². The minimum atomic E-state index is -0.959. The van der Waals surface area contributed by atoms with Crippen LogP contribution in [-0.2, 0) is 19.0 Å². The fourth-order valence-corrected chi connectivity index (χ4v) is 2.76. The lowest BCUT2D eigenvalue weighted by atomic mass is 9.78. The van der Waals surface area contributed by atoms with Crippen LogP contribution in [0.15, 0.2) is 0 Å². The van der Waals surface area contributed by atoms with Crippen molar-refractivity contribution in [3.05, 3.63) is 0 Å². The zero-order valence-electron chi connectivity index (χ0n) is 15.9. The first kappa shape index (κ1) is 19.7. The van der Waals surface area contributed by atoms with Crippen LogP contribution in [0.3, 0.4) is 0 Å². The van der Waals surface area contributed by atoms with E-state index < -0.39 is 29.4 Å². The molecule has 1 aliphatic rings. The van der Waals surface area contributed by atoms with Gasteiger partial charge in [-0.1, -0.05) is 27.7 Å². The van der Waals surface area contributed by atoms with Gasteiger partial charge in [0.25, 0.3) is 0 Å². The Morgan fingerprint density at radius 1 is 1.17 bits per heavy atom. The lowest BCUT2D eigenvalue weighted by molar-refractivity contribution is -0.158. The first-order valence-electron chi connectivity index (χ1n) is 7.97. The van der Waals surface area contributed by atoms with E-state index in [1.807, 2.05) is 55.4 Å². The molecule has 0 aliphatic carbocycles. The van der Waals surface area contributed by atoms with Crippen LogP contribution in [-0.4, -0.2) is 48.0 Å². The first-order valence-corrected chi connectivity index (χ1v) is 7.97. The Hall–Kier alpha value is -1.30. The largest absolute Gasteiger partial charge is 0.466 e. The lowest BCUT2D eigenvalue weighted by Gasteiger charge is -2.39. The van der Waals surface area contributed by atoms with Crippen molar-refractivity contribution in [2.45, 2.75) is 72.8 Å². The minimum absolute atomic E-state index is 0.200. The number of hydrogen-bond acceptors (Lipinski definition) is 5. The Kier molecular flexibility index (Phi) is 5.41. The molecule has 134 valence electrons. The maximum absolute atomic E-state index is 12.8. The summed E-state index contributed by atoms with van der Waals surface area (Å²) in [6.07, 6.45) is -1.52. The number of carbonyl (C=O) groups is 2. The van der Waals surface area contributed by atoms with E-state index in [1.54, 1.807) is 4.90 Å². The summed E-state index contributed by atoms with van der Waals surface area (Å²) in [5.74, 6) is -0.745. The maximum Gasteiger partial charge on any atom is 0.413 e. The smallest absolute Gasteiger partial charge is 0.413 e. The molecule has 1 amide bonds. The number of esters is 1. The standard InChI is InChI=1S/C17H31NO5/c1-11(15(2,3)4)12(13(19)21-9)23-14(20)18-16(5,6)10-22-17(18,7)8/h11-12H,10H2,1-9H3/t11-,12-/m1/s1. The number of hydrogen-bond donors (Lipinski definition) is 0. The van der Waals surface area contributed by atoms with Crippen molar-refractivity contribution in [2.75, 3.05) is 13.7 Å². The van der Waals surface area contributed by atoms with Crippen LogP contribution in [0.25, 0.3) is 0 Å². The number of carbonyl (C=O) groups excluding carboxylic acids is 2. The van der Waals surface area contributed by atoms with Crippen molar-refractivity contribution in [2.24, 2.45) is 11.3 Å². The number of nitrogens with zero attached hydrogens (tertiary/aromatic N) is 1. The summed E-state index contributed by atoms with van der Waals surface area (Å²) >= 11 is 0. The normalized spacial score (nSPS) is 22.4. The summed E-state index contributed by atoms with van der Waals surface area (Å²) < 4.78 is 16.1. The molecule has 0 aromatic carbocycles. The third kappa shape index (κ3) is 4.16. The number of methoxy groups -OCH3 is 1. The molecule has 2 atom stereocenters. The fourth-order valence-electron chi connectivity index (χ4n) is 2.76. The van der Waals surface area contributed by atoms with Crippen molar-refractivity contribution in [1.82, 2.24) is 4.90 Å². The molecule has 1 fully saturated rings. The van der Waals surface area contributed by atoms with Gasteiger partial charge in [0.2, 0.25) is 6.10 Å². The molecule has 1 aliphatic heterocycles. The van der Waals surface area contributed by atoms with Gasteiger partial charge in [-0.2, -0.15) is 0 Å². The van der Waals surface area contributed by atoms with Crippen molar-refractivity contribution >= 4 is 12.1 Å². The summed E-state index contributed by atoms with van der Waals surface area (Å²) in [6, 6.07) is 0. The molecule has 6 nitrogen and oxygen atoms in total. The molecule has 1 heterocycles. The second kappa shape index (κ2) is 6.30. The van der Waals surface area contributed by atoms with Crippen LogP contribution >= 0.6 is 0 Å². The van der Waals surface area contributed by atoms with Crippen molar-refractivity contribution in [3.8, 4) is 0 Å². The van der Waals surface area contributed by atoms with Gasteiger partial charge in [-0.05, 0) is 33.1 Å². The SMILES string of the molecule is COC(=O)[C@H](OC(=O)N1C(C)(C)COC1(C)C)[C@@H](C)C(C)(C)C. The number of amides is 1. The average molecular weight is 329 g/mol. The van der Waals surface area contributed by atoms with Crippen LogP contribution in [0.1, 0.15) is 55.4 Å². The molecule has 0 aromatic heterocycles. The second-order valence-electron chi connectivity index (χ2n) is 8.37. The molecule has 1 saturated heterocycles. The predicted molar refractivity (Wildman–Crippen MR) is 86.9 cm³/mol. The van der Waals surface area contributed by atoms with E-state index in [2.05, 4.69) is 0 Å². The maximum atomic E-state index is 12.8. The van der Waals surface area contributed by atoms with Gasteiger partial charge >= 0.3 is 12.1 Å². The fraction of sp³-hybridized carbons (Fsp3) is 0.882. The Morgan fingerprint density at radius 2 is 1.70 bits per heavy atom. The van der Waals surface area contributed by atoms with E-state index in [9.17, 15) is 9.59 Å². The molecule has 6 heteroatoms. The summed E-state index contributed by atoms with van der Waals surface area (Å²) in [5.41, 5.74) is -1.51. The third-order valence-electron chi connectivity index (χ3n) is 4.59. The second-order valence-corrected chi connectivity index (χ2v) is 8.37. The van der Waals surface area contributed by atoms with Gasteiger partial charge in [-0.15, -0.1) is 0 Å².